The highest BCUT2D eigenvalue weighted by molar-refractivity contribution is 5.79. The topological polar surface area (TPSA) is 29.5 Å². The standard InChI is InChI=1S/C17H23NO2/c1-13(15-11-7-8-12-16(15)20-3)18(2)17(19)14-9-5-4-6-10-14/h4-5,7-8,11-14H,6,9-10H2,1-3H3/t13-,14+/m1/s1. The summed E-state index contributed by atoms with van der Waals surface area (Å²) in [6, 6.07) is 7.91. The van der Waals surface area contributed by atoms with E-state index in [2.05, 4.69) is 19.1 Å². The van der Waals surface area contributed by atoms with E-state index >= 15 is 0 Å². The zero-order valence-electron chi connectivity index (χ0n) is 12.5. The molecular formula is C17H23NO2. The summed E-state index contributed by atoms with van der Waals surface area (Å²) < 4.78 is 5.39. The average molecular weight is 273 g/mol. The van der Waals surface area contributed by atoms with E-state index < -0.39 is 0 Å². The van der Waals surface area contributed by atoms with Gasteiger partial charge in [0.15, 0.2) is 0 Å². The van der Waals surface area contributed by atoms with Crippen LogP contribution in [0.5, 0.6) is 5.75 Å². The normalized spacial score (nSPS) is 19.4. The molecule has 2 atom stereocenters. The van der Waals surface area contributed by atoms with Gasteiger partial charge in [0, 0.05) is 18.5 Å². The number of hydrogen-bond donors (Lipinski definition) is 0. The van der Waals surface area contributed by atoms with E-state index in [-0.39, 0.29) is 17.9 Å². The molecule has 0 saturated carbocycles. The summed E-state index contributed by atoms with van der Waals surface area (Å²) in [5.74, 6) is 1.19. The molecule has 3 nitrogen and oxygen atoms in total. The molecule has 1 aliphatic rings. The maximum absolute atomic E-state index is 12.6. The Kier molecular flexibility index (Phi) is 4.83. The smallest absolute Gasteiger partial charge is 0.226 e. The monoisotopic (exact) mass is 273 g/mol. The molecule has 108 valence electrons. The number of nitrogens with zero attached hydrogens (tertiary/aromatic N) is 1. The molecule has 0 aromatic heterocycles. The van der Waals surface area contributed by atoms with Crippen molar-refractivity contribution < 1.29 is 9.53 Å². The van der Waals surface area contributed by atoms with Gasteiger partial charge in [-0.15, -0.1) is 0 Å². The van der Waals surface area contributed by atoms with Crippen molar-refractivity contribution in [1.82, 2.24) is 4.90 Å². The van der Waals surface area contributed by atoms with Crippen LogP contribution in [0.1, 0.15) is 37.8 Å². The van der Waals surface area contributed by atoms with Crippen molar-refractivity contribution in [3.8, 4) is 5.75 Å². The van der Waals surface area contributed by atoms with Crippen molar-refractivity contribution in [2.45, 2.75) is 32.2 Å². The second-order valence-corrected chi connectivity index (χ2v) is 5.35. The highest BCUT2D eigenvalue weighted by Crippen LogP contribution is 2.30. The van der Waals surface area contributed by atoms with Crippen LogP contribution < -0.4 is 4.74 Å². The predicted octanol–water partition coefficient (Wildman–Crippen LogP) is 3.57. The van der Waals surface area contributed by atoms with Crippen molar-refractivity contribution >= 4 is 5.91 Å². The van der Waals surface area contributed by atoms with Gasteiger partial charge in [0.25, 0.3) is 0 Å². The van der Waals surface area contributed by atoms with Gasteiger partial charge in [0.2, 0.25) is 5.91 Å². The lowest BCUT2D eigenvalue weighted by Crippen LogP contribution is -2.35. The molecule has 0 bridgehead atoms. The molecule has 0 N–H and O–H groups in total. The van der Waals surface area contributed by atoms with Gasteiger partial charge in [-0.2, -0.15) is 0 Å². The number of carbonyl (C=O) groups is 1. The first-order valence-corrected chi connectivity index (χ1v) is 7.19. The third-order valence-electron chi connectivity index (χ3n) is 4.14. The number of benzene rings is 1. The maximum Gasteiger partial charge on any atom is 0.226 e. The molecule has 0 spiro atoms. The number of amides is 1. The van der Waals surface area contributed by atoms with Crippen molar-refractivity contribution in [2.24, 2.45) is 5.92 Å². The van der Waals surface area contributed by atoms with Crippen LogP contribution in [0.4, 0.5) is 0 Å². The Bertz CT molecular complexity index is 496. The van der Waals surface area contributed by atoms with Gasteiger partial charge in [-0.1, -0.05) is 30.4 Å². The number of hydrogen-bond acceptors (Lipinski definition) is 2. The van der Waals surface area contributed by atoms with Crippen LogP contribution in [0.3, 0.4) is 0 Å². The van der Waals surface area contributed by atoms with Crippen LogP contribution in [0.15, 0.2) is 36.4 Å². The Morgan fingerprint density at radius 2 is 2.10 bits per heavy atom. The molecule has 1 aromatic carbocycles. The fraction of sp³-hybridized carbons (Fsp3) is 0.471. The Morgan fingerprint density at radius 1 is 1.35 bits per heavy atom. The van der Waals surface area contributed by atoms with Crippen molar-refractivity contribution in [1.29, 1.82) is 0 Å². The lowest BCUT2D eigenvalue weighted by Gasteiger charge is -2.30. The molecule has 1 amide bonds. The van der Waals surface area contributed by atoms with E-state index in [1.165, 1.54) is 0 Å². The summed E-state index contributed by atoms with van der Waals surface area (Å²) in [5.41, 5.74) is 1.05. The zero-order chi connectivity index (χ0) is 14.5. The minimum Gasteiger partial charge on any atom is -0.496 e. The van der Waals surface area contributed by atoms with Crippen LogP contribution >= 0.6 is 0 Å². The summed E-state index contributed by atoms with van der Waals surface area (Å²) in [4.78, 5) is 14.4. The quantitative estimate of drug-likeness (QED) is 0.785. The van der Waals surface area contributed by atoms with E-state index in [4.69, 9.17) is 4.74 Å². The summed E-state index contributed by atoms with van der Waals surface area (Å²) in [5, 5.41) is 0. The van der Waals surface area contributed by atoms with Crippen LogP contribution in [0.2, 0.25) is 0 Å². The summed E-state index contributed by atoms with van der Waals surface area (Å²) in [6.07, 6.45) is 7.11. The average Bonchev–Trinajstić information content (AvgIpc) is 2.53. The summed E-state index contributed by atoms with van der Waals surface area (Å²) in [7, 11) is 3.55. The largest absolute Gasteiger partial charge is 0.496 e. The number of allylic oxidation sites excluding steroid dienone is 2. The Hall–Kier alpha value is -1.77. The predicted molar refractivity (Wildman–Crippen MR) is 80.7 cm³/mol. The Balaban J connectivity index is 2.13. The van der Waals surface area contributed by atoms with E-state index in [0.29, 0.717) is 0 Å². The molecule has 0 heterocycles. The Morgan fingerprint density at radius 3 is 2.75 bits per heavy atom. The summed E-state index contributed by atoms with van der Waals surface area (Å²) in [6.45, 7) is 2.05. The number of carbonyl (C=O) groups excluding carboxylic acids is 1. The molecule has 0 saturated heterocycles. The van der Waals surface area contributed by atoms with Gasteiger partial charge in [-0.25, -0.2) is 0 Å². The first kappa shape index (κ1) is 14.6. The first-order chi connectivity index (χ1) is 9.65. The number of ether oxygens (including phenoxy) is 1. The molecule has 3 heteroatoms. The van der Waals surface area contributed by atoms with E-state index in [9.17, 15) is 4.79 Å². The molecule has 0 aliphatic heterocycles. The highest BCUT2D eigenvalue weighted by Gasteiger charge is 2.26. The second-order valence-electron chi connectivity index (χ2n) is 5.35. The fourth-order valence-electron chi connectivity index (χ4n) is 2.72. The molecule has 1 aliphatic carbocycles. The maximum atomic E-state index is 12.6. The first-order valence-electron chi connectivity index (χ1n) is 7.19. The lowest BCUT2D eigenvalue weighted by molar-refractivity contribution is -0.136. The lowest BCUT2D eigenvalue weighted by atomic mass is 9.92. The van der Waals surface area contributed by atoms with Crippen LogP contribution in [-0.2, 0) is 4.79 Å². The van der Waals surface area contributed by atoms with Gasteiger partial charge in [-0.3, -0.25) is 4.79 Å². The van der Waals surface area contributed by atoms with Crippen LogP contribution in [0, 0.1) is 5.92 Å². The van der Waals surface area contributed by atoms with Gasteiger partial charge in [-0.05, 0) is 32.3 Å². The highest BCUT2D eigenvalue weighted by atomic mass is 16.5. The van der Waals surface area contributed by atoms with Crippen molar-refractivity contribution in [2.75, 3.05) is 14.2 Å². The molecule has 0 fully saturated rings. The number of para-hydroxylation sites is 1. The minimum absolute atomic E-state index is 0.0181. The van der Waals surface area contributed by atoms with E-state index in [0.717, 1.165) is 30.6 Å². The fourth-order valence-corrected chi connectivity index (χ4v) is 2.72. The van der Waals surface area contributed by atoms with Crippen molar-refractivity contribution in [3.63, 3.8) is 0 Å². The molecule has 0 unspecified atom stereocenters. The third-order valence-corrected chi connectivity index (χ3v) is 4.14. The van der Waals surface area contributed by atoms with Gasteiger partial charge >= 0.3 is 0 Å². The number of rotatable bonds is 4. The zero-order valence-corrected chi connectivity index (χ0v) is 12.5. The van der Waals surface area contributed by atoms with Gasteiger partial charge in [0.05, 0.1) is 13.2 Å². The van der Waals surface area contributed by atoms with Gasteiger partial charge < -0.3 is 9.64 Å². The Labute approximate surface area is 121 Å². The minimum atomic E-state index is 0.0181. The summed E-state index contributed by atoms with van der Waals surface area (Å²) >= 11 is 0. The van der Waals surface area contributed by atoms with Crippen molar-refractivity contribution in [3.05, 3.63) is 42.0 Å². The van der Waals surface area contributed by atoms with Crippen LogP contribution in [0.25, 0.3) is 0 Å². The second kappa shape index (κ2) is 6.60. The number of methoxy groups -OCH3 is 1. The molecule has 20 heavy (non-hydrogen) atoms. The third kappa shape index (κ3) is 3.03. The molecule has 1 aromatic rings. The van der Waals surface area contributed by atoms with E-state index in [1.807, 2.05) is 36.2 Å². The SMILES string of the molecule is COc1ccccc1[C@@H](C)N(C)C(=O)[C@H]1CC=CCC1. The van der Waals surface area contributed by atoms with Gasteiger partial charge in [0.1, 0.15) is 5.75 Å². The molecule has 0 radical (unpaired) electrons. The molecular weight excluding hydrogens is 250 g/mol. The van der Waals surface area contributed by atoms with E-state index in [1.54, 1.807) is 7.11 Å². The van der Waals surface area contributed by atoms with Crippen LogP contribution in [-0.4, -0.2) is 25.0 Å². The molecule has 2 rings (SSSR count).